The molecule has 1 radical (unpaired) electrons. The van der Waals surface area contributed by atoms with E-state index in [4.69, 9.17) is 0 Å². The Morgan fingerprint density at radius 3 is 1.33 bits per heavy atom. The van der Waals surface area contributed by atoms with Crippen LogP contribution in [0.3, 0.4) is 0 Å². The van der Waals surface area contributed by atoms with E-state index in [2.05, 4.69) is 25.8 Å². The van der Waals surface area contributed by atoms with Gasteiger partial charge in [-0.1, -0.05) is 12.1 Å². The third kappa shape index (κ3) is 12.3. The number of hydrogen-bond acceptors (Lipinski definition) is 0. The summed E-state index contributed by atoms with van der Waals surface area (Å²) in [7, 11) is 0. The Morgan fingerprint density at radius 1 is 0.722 bits per heavy atom. The summed E-state index contributed by atoms with van der Waals surface area (Å²) in [4.78, 5) is 3.72. The first-order valence-corrected chi connectivity index (χ1v) is 12.1. The minimum atomic E-state index is -0.552. The van der Waals surface area contributed by atoms with Crippen LogP contribution in [0.1, 0.15) is 59.3 Å². The SMILES string of the molecule is CCC[CH2][Ge]([CH2]CCC)[CH2]CCC.c1cc[n-]c1. The van der Waals surface area contributed by atoms with Crippen molar-refractivity contribution in [2.24, 2.45) is 0 Å². The summed E-state index contributed by atoms with van der Waals surface area (Å²) in [6.07, 6.45) is 12.3. The van der Waals surface area contributed by atoms with E-state index in [1.807, 2.05) is 12.1 Å². The minimum Gasteiger partial charge on any atom is -0.670 e. The molecule has 0 saturated heterocycles. The zero-order valence-corrected chi connectivity index (χ0v) is 14.7. The Labute approximate surface area is 119 Å². The summed E-state index contributed by atoms with van der Waals surface area (Å²) in [6.45, 7) is 6.99. The van der Waals surface area contributed by atoms with Gasteiger partial charge in [-0.2, -0.15) is 12.4 Å². The molecule has 1 rings (SSSR count). The van der Waals surface area contributed by atoms with E-state index in [-0.39, 0.29) is 0 Å². The predicted molar refractivity (Wildman–Crippen MR) is 84.7 cm³/mol. The fourth-order valence-electron chi connectivity index (χ4n) is 1.90. The first kappa shape index (κ1) is 17.8. The van der Waals surface area contributed by atoms with Gasteiger partial charge in [-0.15, -0.1) is 0 Å². The standard InChI is InChI=1S/C12H27Ge.C4H4N/c1-4-7-10-13(11-8-5-2)12-9-6-3;1-2-4-5-3-1/h4-12H2,1-3H3;1-4H/q;-1. The maximum Gasteiger partial charge on any atom is -0.0860 e. The first-order chi connectivity index (χ1) is 8.85. The van der Waals surface area contributed by atoms with Crippen LogP contribution in [-0.2, 0) is 0 Å². The molecule has 0 spiro atoms. The van der Waals surface area contributed by atoms with Crippen molar-refractivity contribution in [3.8, 4) is 0 Å². The molecule has 0 N–H and O–H groups in total. The first-order valence-electron chi connectivity index (χ1n) is 7.70. The van der Waals surface area contributed by atoms with Crippen LogP contribution >= 0.6 is 0 Å². The summed E-state index contributed by atoms with van der Waals surface area (Å²) in [5.74, 6) is 0. The van der Waals surface area contributed by atoms with Crippen molar-refractivity contribution in [1.29, 1.82) is 0 Å². The fourth-order valence-corrected chi connectivity index (χ4v) is 8.85. The van der Waals surface area contributed by atoms with E-state index < -0.39 is 14.3 Å². The van der Waals surface area contributed by atoms with E-state index >= 15 is 0 Å². The Bertz CT molecular complexity index is 185. The van der Waals surface area contributed by atoms with Crippen molar-refractivity contribution in [2.45, 2.75) is 75.1 Å². The number of nitrogens with zero attached hydrogens (tertiary/aromatic N) is 1. The van der Waals surface area contributed by atoms with Gasteiger partial charge in [0.15, 0.2) is 0 Å². The van der Waals surface area contributed by atoms with Crippen LogP contribution in [0.25, 0.3) is 0 Å². The second kappa shape index (κ2) is 14.9. The van der Waals surface area contributed by atoms with Crippen LogP contribution in [0.15, 0.2) is 24.5 Å². The van der Waals surface area contributed by atoms with Crippen LogP contribution in [0, 0.1) is 0 Å². The molecule has 105 valence electrons. The molecule has 0 aromatic carbocycles. The Kier molecular flexibility index (Phi) is 14.7. The van der Waals surface area contributed by atoms with Crippen LogP contribution in [0.5, 0.6) is 0 Å². The molecule has 0 aliphatic rings. The maximum atomic E-state index is 3.72. The zero-order valence-electron chi connectivity index (χ0n) is 12.6. The number of rotatable bonds is 9. The molecule has 1 nitrogen and oxygen atoms in total. The molecule has 0 saturated carbocycles. The van der Waals surface area contributed by atoms with Crippen LogP contribution in [0.2, 0.25) is 15.8 Å². The second-order valence-electron chi connectivity index (χ2n) is 4.89. The molecule has 2 heteroatoms. The molecule has 1 aromatic heterocycles. The van der Waals surface area contributed by atoms with Crippen LogP contribution < -0.4 is 4.98 Å². The minimum absolute atomic E-state index is 0.552. The molecule has 0 amide bonds. The molecule has 0 fully saturated rings. The summed E-state index contributed by atoms with van der Waals surface area (Å²) in [5, 5.41) is 4.95. The monoisotopic (exact) mass is 311 g/mol. The van der Waals surface area contributed by atoms with E-state index in [9.17, 15) is 0 Å². The van der Waals surface area contributed by atoms with Crippen molar-refractivity contribution < 1.29 is 0 Å². The Hall–Kier alpha value is -0.177. The molecule has 0 unspecified atom stereocenters. The summed E-state index contributed by atoms with van der Waals surface area (Å²) in [6, 6.07) is 3.78. The van der Waals surface area contributed by atoms with Gasteiger partial charge in [0.25, 0.3) is 0 Å². The van der Waals surface area contributed by atoms with Gasteiger partial charge in [0.05, 0.1) is 0 Å². The molecule has 0 atom stereocenters. The normalized spacial score (nSPS) is 10.2. The fraction of sp³-hybridized carbons (Fsp3) is 0.750. The summed E-state index contributed by atoms with van der Waals surface area (Å²) >= 11 is -0.552. The average molecular weight is 310 g/mol. The smallest absolute Gasteiger partial charge is 0.0860 e. The summed E-state index contributed by atoms with van der Waals surface area (Å²) in [5.41, 5.74) is 0. The van der Waals surface area contributed by atoms with Gasteiger partial charge in [0, 0.05) is 0 Å². The average Bonchev–Trinajstić information content (AvgIpc) is 2.97. The van der Waals surface area contributed by atoms with Crippen LogP contribution in [0.4, 0.5) is 0 Å². The third-order valence-corrected chi connectivity index (χ3v) is 9.78. The number of unbranched alkanes of at least 4 members (excludes halogenated alkanes) is 3. The quantitative estimate of drug-likeness (QED) is 0.547. The van der Waals surface area contributed by atoms with E-state index in [1.165, 1.54) is 38.5 Å². The van der Waals surface area contributed by atoms with E-state index in [0.29, 0.717) is 0 Å². The Balaban J connectivity index is 0.000000473. The van der Waals surface area contributed by atoms with Crippen molar-refractivity contribution in [3.05, 3.63) is 24.5 Å². The second-order valence-corrected chi connectivity index (χ2v) is 11.2. The zero-order chi connectivity index (χ0) is 13.5. The number of aromatic nitrogens is 1. The molecule has 0 aliphatic heterocycles. The molecule has 0 bridgehead atoms. The van der Waals surface area contributed by atoms with Gasteiger partial charge >= 0.3 is 89.4 Å². The van der Waals surface area contributed by atoms with Gasteiger partial charge in [-0.05, 0) is 0 Å². The molecule has 1 aromatic rings. The maximum absolute atomic E-state index is 3.72. The molecule has 1 heterocycles. The third-order valence-electron chi connectivity index (χ3n) is 3.11. The van der Waals surface area contributed by atoms with Crippen LogP contribution in [-0.4, -0.2) is 14.3 Å². The van der Waals surface area contributed by atoms with Gasteiger partial charge in [-0.25, -0.2) is 0 Å². The molecule has 18 heavy (non-hydrogen) atoms. The van der Waals surface area contributed by atoms with E-state index in [0.717, 1.165) is 0 Å². The number of hydrogen-bond donors (Lipinski definition) is 0. The molecular weight excluding hydrogens is 279 g/mol. The topological polar surface area (TPSA) is 14.1 Å². The van der Waals surface area contributed by atoms with Crippen molar-refractivity contribution in [2.75, 3.05) is 0 Å². The van der Waals surface area contributed by atoms with E-state index in [1.54, 1.807) is 28.2 Å². The van der Waals surface area contributed by atoms with Gasteiger partial charge in [0.2, 0.25) is 0 Å². The van der Waals surface area contributed by atoms with Crippen molar-refractivity contribution in [1.82, 2.24) is 4.98 Å². The van der Waals surface area contributed by atoms with Crippen molar-refractivity contribution in [3.63, 3.8) is 0 Å². The largest absolute Gasteiger partial charge is 0.670 e. The summed E-state index contributed by atoms with van der Waals surface area (Å²) < 4.78 is 0. The van der Waals surface area contributed by atoms with Gasteiger partial charge in [0.1, 0.15) is 0 Å². The molecular formula is C16H31GeN-. The van der Waals surface area contributed by atoms with Gasteiger partial charge in [-0.3, -0.25) is 0 Å². The Morgan fingerprint density at radius 2 is 1.11 bits per heavy atom. The van der Waals surface area contributed by atoms with Gasteiger partial charge < -0.3 is 4.98 Å². The van der Waals surface area contributed by atoms with Crippen molar-refractivity contribution >= 4 is 14.3 Å². The molecule has 0 aliphatic carbocycles. The predicted octanol–water partition coefficient (Wildman–Crippen LogP) is 5.53.